The van der Waals surface area contributed by atoms with Crippen LogP contribution in [0.5, 0.6) is 0 Å². The van der Waals surface area contributed by atoms with Crippen LogP contribution in [0.4, 0.5) is 5.69 Å². The molecular formula is C13H16BrNOS. The molecule has 0 amide bonds. The van der Waals surface area contributed by atoms with Crippen LogP contribution in [0.1, 0.15) is 18.4 Å². The van der Waals surface area contributed by atoms with E-state index in [9.17, 15) is 4.79 Å². The van der Waals surface area contributed by atoms with Gasteiger partial charge in [-0.3, -0.25) is 0 Å². The maximum absolute atomic E-state index is 10.7. The fourth-order valence-electron chi connectivity index (χ4n) is 2.01. The SMILES string of the molecule is O=CCc1ccc(Br)cc1NC1CCSCC1. The standard InChI is InChI=1S/C13H16BrNOS/c14-11-2-1-10(3-6-16)13(9-11)15-12-4-7-17-8-5-12/h1-2,6,9,12,15H,3-5,7-8H2. The number of nitrogens with one attached hydrogen (secondary N) is 1. The molecule has 92 valence electrons. The average molecular weight is 314 g/mol. The highest BCUT2D eigenvalue weighted by atomic mass is 79.9. The van der Waals surface area contributed by atoms with E-state index in [1.54, 1.807) is 0 Å². The molecule has 2 rings (SSSR count). The molecule has 1 aromatic rings. The molecule has 1 heterocycles. The van der Waals surface area contributed by atoms with Crippen LogP contribution >= 0.6 is 27.7 Å². The Morgan fingerprint density at radius 1 is 1.41 bits per heavy atom. The number of rotatable bonds is 4. The highest BCUT2D eigenvalue weighted by Crippen LogP contribution is 2.26. The van der Waals surface area contributed by atoms with Crippen molar-refractivity contribution < 1.29 is 4.79 Å². The van der Waals surface area contributed by atoms with Gasteiger partial charge in [0, 0.05) is 22.6 Å². The monoisotopic (exact) mass is 313 g/mol. The zero-order valence-electron chi connectivity index (χ0n) is 9.62. The van der Waals surface area contributed by atoms with Crippen LogP contribution in [0, 0.1) is 0 Å². The zero-order valence-corrected chi connectivity index (χ0v) is 12.0. The molecule has 1 saturated heterocycles. The lowest BCUT2D eigenvalue weighted by molar-refractivity contribution is -0.107. The van der Waals surface area contributed by atoms with Gasteiger partial charge in [-0.1, -0.05) is 22.0 Å². The van der Waals surface area contributed by atoms with Crippen molar-refractivity contribution in [2.45, 2.75) is 25.3 Å². The molecule has 0 bridgehead atoms. The number of aldehydes is 1. The number of carbonyl (C=O) groups is 1. The van der Waals surface area contributed by atoms with Crippen molar-refractivity contribution in [2.24, 2.45) is 0 Å². The molecular weight excluding hydrogens is 298 g/mol. The third-order valence-electron chi connectivity index (χ3n) is 2.96. The summed E-state index contributed by atoms with van der Waals surface area (Å²) in [7, 11) is 0. The number of anilines is 1. The largest absolute Gasteiger partial charge is 0.382 e. The second kappa shape index (κ2) is 6.45. The maximum Gasteiger partial charge on any atom is 0.124 e. The third-order valence-corrected chi connectivity index (χ3v) is 4.50. The molecule has 0 atom stereocenters. The molecule has 1 fully saturated rings. The Hall–Kier alpha value is -0.480. The number of hydrogen-bond acceptors (Lipinski definition) is 3. The van der Waals surface area contributed by atoms with E-state index in [1.165, 1.54) is 24.3 Å². The first-order valence-corrected chi connectivity index (χ1v) is 7.80. The first-order valence-electron chi connectivity index (χ1n) is 5.86. The Kier molecular flexibility index (Phi) is 4.92. The Labute approximate surface area is 115 Å². The van der Waals surface area contributed by atoms with Gasteiger partial charge in [-0.2, -0.15) is 11.8 Å². The molecule has 0 aliphatic carbocycles. The predicted molar refractivity (Wildman–Crippen MR) is 77.9 cm³/mol. The third kappa shape index (κ3) is 3.75. The lowest BCUT2D eigenvalue weighted by atomic mass is 10.1. The van der Waals surface area contributed by atoms with E-state index >= 15 is 0 Å². The molecule has 1 aromatic carbocycles. The Bertz CT molecular complexity index is 391. The molecule has 0 saturated carbocycles. The van der Waals surface area contributed by atoms with E-state index in [1.807, 2.05) is 23.9 Å². The molecule has 2 nitrogen and oxygen atoms in total. The minimum absolute atomic E-state index is 0.483. The van der Waals surface area contributed by atoms with E-state index in [0.717, 1.165) is 22.0 Å². The molecule has 1 N–H and O–H groups in total. The van der Waals surface area contributed by atoms with Gasteiger partial charge in [-0.05, 0) is 42.0 Å². The number of benzene rings is 1. The highest BCUT2D eigenvalue weighted by molar-refractivity contribution is 9.10. The normalized spacial score (nSPS) is 16.8. The van der Waals surface area contributed by atoms with Crippen molar-refractivity contribution in [3.63, 3.8) is 0 Å². The summed E-state index contributed by atoms with van der Waals surface area (Å²) < 4.78 is 1.06. The van der Waals surface area contributed by atoms with Crippen LogP contribution in [-0.2, 0) is 11.2 Å². The Morgan fingerprint density at radius 2 is 2.18 bits per heavy atom. The molecule has 1 aliphatic heterocycles. The van der Waals surface area contributed by atoms with Crippen molar-refractivity contribution >= 4 is 39.7 Å². The van der Waals surface area contributed by atoms with Crippen molar-refractivity contribution in [3.05, 3.63) is 28.2 Å². The molecule has 1 aliphatic rings. The van der Waals surface area contributed by atoms with E-state index < -0.39 is 0 Å². The Morgan fingerprint density at radius 3 is 2.88 bits per heavy atom. The average Bonchev–Trinajstić information content (AvgIpc) is 2.34. The summed E-state index contributed by atoms with van der Waals surface area (Å²) in [5.74, 6) is 2.46. The molecule has 0 radical (unpaired) electrons. The van der Waals surface area contributed by atoms with Gasteiger partial charge in [0.1, 0.15) is 6.29 Å². The molecule has 0 aromatic heterocycles. The first kappa shape index (κ1) is 13.0. The van der Waals surface area contributed by atoms with E-state index in [4.69, 9.17) is 0 Å². The smallest absolute Gasteiger partial charge is 0.124 e. The maximum atomic E-state index is 10.7. The van der Waals surface area contributed by atoms with E-state index in [0.29, 0.717) is 12.5 Å². The van der Waals surface area contributed by atoms with Gasteiger partial charge in [-0.25, -0.2) is 0 Å². The van der Waals surface area contributed by atoms with Crippen LogP contribution in [0.3, 0.4) is 0 Å². The summed E-state index contributed by atoms with van der Waals surface area (Å²) in [6.45, 7) is 0. The summed E-state index contributed by atoms with van der Waals surface area (Å²) in [5, 5.41) is 3.57. The summed E-state index contributed by atoms with van der Waals surface area (Å²) in [5.41, 5.74) is 2.19. The quantitative estimate of drug-likeness (QED) is 0.863. The summed E-state index contributed by atoms with van der Waals surface area (Å²) in [6.07, 6.45) is 3.86. The second-order valence-corrected chi connectivity index (χ2v) is 6.34. The molecule has 0 spiro atoms. The highest BCUT2D eigenvalue weighted by Gasteiger charge is 2.14. The molecule has 0 unspecified atom stereocenters. The van der Waals surface area contributed by atoms with Gasteiger partial charge >= 0.3 is 0 Å². The van der Waals surface area contributed by atoms with Gasteiger partial charge in [0.25, 0.3) is 0 Å². The van der Waals surface area contributed by atoms with Gasteiger partial charge < -0.3 is 10.1 Å². The fraction of sp³-hybridized carbons (Fsp3) is 0.462. The van der Waals surface area contributed by atoms with Crippen LogP contribution in [-0.4, -0.2) is 23.8 Å². The van der Waals surface area contributed by atoms with Gasteiger partial charge in [-0.15, -0.1) is 0 Å². The van der Waals surface area contributed by atoms with E-state index in [2.05, 4.69) is 27.3 Å². The number of hydrogen-bond donors (Lipinski definition) is 1. The number of thioether (sulfide) groups is 1. The van der Waals surface area contributed by atoms with Crippen LogP contribution < -0.4 is 5.32 Å². The van der Waals surface area contributed by atoms with Crippen LogP contribution in [0.15, 0.2) is 22.7 Å². The second-order valence-electron chi connectivity index (χ2n) is 4.20. The van der Waals surface area contributed by atoms with Crippen molar-refractivity contribution in [2.75, 3.05) is 16.8 Å². The van der Waals surface area contributed by atoms with Crippen LogP contribution in [0.25, 0.3) is 0 Å². The molecule has 17 heavy (non-hydrogen) atoms. The summed E-state index contributed by atoms with van der Waals surface area (Å²) in [4.78, 5) is 10.7. The van der Waals surface area contributed by atoms with Crippen molar-refractivity contribution in [1.82, 2.24) is 0 Å². The zero-order chi connectivity index (χ0) is 12.1. The van der Waals surface area contributed by atoms with Crippen LogP contribution in [0.2, 0.25) is 0 Å². The lowest BCUT2D eigenvalue weighted by Crippen LogP contribution is -2.25. The predicted octanol–water partition coefficient (Wildman–Crippen LogP) is 3.50. The summed E-state index contributed by atoms with van der Waals surface area (Å²) >= 11 is 5.50. The topological polar surface area (TPSA) is 29.1 Å². The van der Waals surface area contributed by atoms with Crippen molar-refractivity contribution in [3.8, 4) is 0 Å². The minimum Gasteiger partial charge on any atom is -0.382 e. The first-order chi connectivity index (χ1) is 8.29. The van der Waals surface area contributed by atoms with Gasteiger partial charge in [0.05, 0.1) is 0 Å². The van der Waals surface area contributed by atoms with Crippen molar-refractivity contribution in [1.29, 1.82) is 0 Å². The Balaban J connectivity index is 2.11. The minimum atomic E-state index is 0.483. The van der Waals surface area contributed by atoms with Gasteiger partial charge in [0.2, 0.25) is 0 Å². The van der Waals surface area contributed by atoms with Gasteiger partial charge in [0.15, 0.2) is 0 Å². The van der Waals surface area contributed by atoms with E-state index in [-0.39, 0.29) is 0 Å². The number of carbonyl (C=O) groups excluding carboxylic acids is 1. The molecule has 4 heteroatoms. The number of halogens is 1. The fourth-order valence-corrected chi connectivity index (χ4v) is 3.48. The lowest BCUT2D eigenvalue weighted by Gasteiger charge is -2.25. The summed E-state index contributed by atoms with van der Waals surface area (Å²) in [6, 6.07) is 6.62.